The van der Waals surface area contributed by atoms with E-state index in [9.17, 15) is 9.90 Å². The Hall–Kier alpha value is -0.650. The van der Waals surface area contributed by atoms with Crippen LogP contribution in [0.5, 0.6) is 0 Å². The second-order valence-electron chi connectivity index (χ2n) is 5.74. The van der Waals surface area contributed by atoms with Gasteiger partial charge in [0, 0.05) is 18.9 Å². The van der Waals surface area contributed by atoms with Crippen LogP contribution in [-0.2, 0) is 14.3 Å². The third-order valence-corrected chi connectivity index (χ3v) is 4.18. The summed E-state index contributed by atoms with van der Waals surface area (Å²) >= 11 is 0. The lowest BCUT2D eigenvalue weighted by Crippen LogP contribution is -2.50. The highest BCUT2D eigenvalue weighted by molar-refractivity contribution is 5.79. The molecule has 5 heteroatoms. The van der Waals surface area contributed by atoms with Gasteiger partial charge in [-0.15, -0.1) is 0 Å². The van der Waals surface area contributed by atoms with Crippen LogP contribution in [0.15, 0.2) is 0 Å². The number of hydrogen-bond donors (Lipinski definition) is 2. The zero-order valence-corrected chi connectivity index (χ0v) is 11.7. The molecule has 1 aliphatic heterocycles. The third-order valence-electron chi connectivity index (χ3n) is 4.18. The Morgan fingerprint density at radius 1 is 1.53 bits per heavy atom. The summed E-state index contributed by atoms with van der Waals surface area (Å²) in [5.41, 5.74) is -0.771. The Labute approximate surface area is 114 Å². The lowest BCUT2D eigenvalue weighted by molar-refractivity contribution is -0.145. The van der Waals surface area contributed by atoms with Crippen LogP contribution in [-0.4, -0.2) is 49.1 Å². The number of carbonyl (C=O) groups is 1. The molecule has 110 valence electrons. The van der Waals surface area contributed by atoms with E-state index in [0.29, 0.717) is 25.4 Å². The molecule has 2 fully saturated rings. The molecule has 0 amide bonds. The van der Waals surface area contributed by atoms with Gasteiger partial charge in [-0.3, -0.25) is 4.79 Å². The fourth-order valence-corrected chi connectivity index (χ4v) is 2.92. The van der Waals surface area contributed by atoms with E-state index in [4.69, 9.17) is 9.47 Å². The first-order valence-electron chi connectivity index (χ1n) is 7.34. The maximum absolute atomic E-state index is 11.5. The molecule has 2 aliphatic rings. The maximum atomic E-state index is 11.5. The quantitative estimate of drug-likeness (QED) is 0.733. The Kier molecular flexibility index (Phi) is 5.19. The molecule has 0 bridgehead atoms. The van der Waals surface area contributed by atoms with Crippen molar-refractivity contribution in [2.75, 3.05) is 26.4 Å². The van der Waals surface area contributed by atoms with E-state index in [1.54, 1.807) is 0 Å². The van der Waals surface area contributed by atoms with E-state index < -0.39 is 11.5 Å². The molecule has 0 aromatic heterocycles. The monoisotopic (exact) mass is 271 g/mol. The number of carboxylic acids is 1. The average molecular weight is 271 g/mol. The minimum Gasteiger partial charge on any atom is -0.480 e. The van der Waals surface area contributed by atoms with Crippen molar-refractivity contribution in [3.8, 4) is 0 Å². The van der Waals surface area contributed by atoms with Gasteiger partial charge in [0.25, 0.3) is 0 Å². The highest BCUT2D eigenvalue weighted by Gasteiger charge is 2.45. The second kappa shape index (κ2) is 6.68. The van der Waals surface area contributed by atoms with E-state index in [2.05, 4.69) is 5.32 Å². The average Bonchev–Trinajstić information content (AvgIpc) is 3.04. The van der Waals surface area contributed by atoms with Gasteiger partial charge >= 0.3 is 5.97 Å². The molecule has 0 spiro atoms. The molecule has 1 heterocycles. The summed E-state index contributed by atoms with van der Waals surface area (Å²) in [6, 6.07) is 0. The van der Waals surface area contributed by atoms with Crippen molar-refractivity contribution in [2.45, 2.75) is 50.7 Å². The molecule has 19 heavy (non-hydrogen) atoms. The van der Waals surface area contributed by atoms with Crippen LogP contribution >= 0.6 is 0 Å². The van der Waals surface area contributed by atoms with Gasteiger partial charge in [0.05, 0.1) is 19.3 Å². The van der Waals surface area contributed by atoms with Crippen molar-refractivity contribution in [3.05, 3.63) is 0 Å². The molecule has 1 aliphatic carbocycles. The summed E-state index contributed by atoms with van der Waals surface area (Å²) in [6.07, 6.45) is 4.15. The molecular weight excluding hydrogens is 246 g/mol. The predicted molar refractivity (Wildman–Crippen MR) is 71.2 cm³/mol. The summed E-state index contributed by atoms with van der Waals surface area (Å²) in [6.45, 7) is 5.11. The summed E-state index contributed by atoms with van der Waals surface area (Å²) in [5.74, 6) is -0.250. The van der Waals surface area contributed by atoms with Gasteiger partial charge in [-0.1, -0.05) is 6.92 Å². The Bertz CT molecular complexity index is 304. The van der Waals surface area contributed by atoms with E-state index in [-0.39, 0.29) is 6.10 Å². The van der Waals surface area contributed by atoms with Crippen molar-refractivity contribution in [3.63, 3.8) is 0 Å². The van der Waals surface area contributed by atoms with Gasteiger partial charge in [0.2, 0.25) is 0 Å². The molecule has 3 unspecified atom stereocenters. The van der Waals surface area contributed by atoms with Crippen LogP contribution in [0.1, 0.15) is 39.0 Å². The van der Waals surface area contributed by atoms with E-state index in [1.807, 2.05) is 6.92 Å². The van der Waals surface area contributed by atoms with Gasteiger partial charge in [-0.2, -0.15) is 0 Å². The summed E-state index contributed by atoms with van der Waals surface area (Å²) < 4.78 is 11.2. The van der Waals surface area contributed by atoms with Gasteiger partial charge in [0.15, 0.2) is 0 Å². The van der Waals surface area contributed by atoms with Crippen LogP contribution in [0.25, 0.3) is 0 Å². The van der Waals surface area contributed by atoms with Gasteiger partial charge in [0.1, 0.15) is 5.54 Å². The lowest BCUT2D eigenvalue weighted by Gasteiger charge is -2.26. The number of rotatable bonds is 7. The smallest absolute Gasteiger partial charge is 0.323 e. The molecule has 2 N–H and O–H groups in total. The molecule has 1 saturated heterocycles. The first kappa shape index (κ1) is 14.8. The molecule has 3 atom stereocenters. The highest BCUT2D eigenvalue weighted by Crippen LogP contribution is 2.33. The maximum Gasteiger partial charge on any atom is 0.323 e. The predicted octanol–water partition coefficient (Wildman–Crippen LogP) is 1.41. The van der Waals surface area contributed by atoms with Crippen molar-refractivity contribution in [2.24, 2.45) is 5.92 Å². The minimum atomic E-state index is -0.771. The first-order valence-corrected chi connectivity index (χ1v) is 7.34. The van der Waals surface area contributed by atoms with Gasteiger partial charge in [-0.25, -0.2) is 0 Å². The van der Waals surface area contributed by atoms with E-state index in [0.717, 1.165) is 39.0 Å². The van der Waals surface area contributed by atoms with Gasteiger partial charge < -0.3 is 19.9 Å². The largest absolute Gasteiger partial charge is 0.480 e. The zero-order valence-electron chi connectivity index (χ0n) is 11.7. The van der Waals surface area contributed by atoms with Crippen molar-refractivity contribution < 1.29 is 19.4 Å². The van der Waals surface area contributed by atoms with Crippen LogP contribution in [0.3, 0.4) is 0 Å². The highest BCUT2D eigenvalue weighted by atomic mass is 16.5. The Morgan fingerprint density at radius 3 is 3.00 bits per heavy atom. The van der Waals surface area contributed by atoms with E-state index in [1.165, 1.54) is 0 Å². The van der Waals surface area contributed by atoms with Crippen molar-refractivity contribution in [1.82, 2.24) is 5.32 Å². The molecule has 5 nitrogen and oxygen atoms in total. The van der Waals surface area contributed by atoms with Gasteiger partial charge in [-0.05, 0) is 32.2 Å². The SMILES string of the molecule is CCCNC1(C(=O)O)CCC(OCC2CCOC2)C1. The number of carboxylic acid groups (broad SMARTS) is 1. The van der Waals surface area contributed by atoms with Crippen LogP contribution < -0.4 is 5.32 Å². The van der Waals surface area contributed by atoms with E-state index >= 15 is 0 Å². The minimum absolute atomic E-state index is 0.0704. The molecule has 2 rings (SSSR count). The van der Waals surface area contributed by atoms with Crippen LogP contribution in [0, 0.1) is 5.92 Å². The summed E-state index contributed by atoms with van der Waals surface area (Å²) in [7, 11) is 0. The molecule has 0 aromatic carbocycles. The Balaban J connectivity index is 1.80. The molecule has 0 radical (unpaired) electrons. The van der Waals surface area contributed by atoms with Crippen molar-refractivity contribution >= 4 is 5.97 Å². The molecular formula is C14H25NO4. The van der Waals surface area contributed by atoms with Crippen LogP contribution in [0.2, 0.25) is 0 Å². The second-order valence-corrected chi connectivity index (χ2v) is 5.74. The molecule has 0 aromatic rings. The topological polar surface area (TPSA) is 67.8 Å². The summed E-state index contributed by atoms with van der Waals surface area (Å²) in [4.78, 5) is 11.5. The first-order chi connectivity index (χ1) is 9.16. The normalized spacial score (nSPS) is 34.8. The number of nitrogens with one attached hydrogen (secondary N) is 1. The fraction of sp³-hybridized carbons (Fsp3) is 0.929. The fourth-order valence-electron chi connectivity index (χ4n) is 2.92. The standard InChI is InChI=1S/C14H25NO4/c1-2-6-15-14(13(16)17)5-3-12(8-14)19-10-11-4-7-18-9-11/h11-12,15H,2-10H2,1H3,(H,16,17). The van der Waals surface area contributed by atoms with Crippen LogP contribution in [0.4, 0.5) is 0 Å². The third kappa shape index (κ3) is 3.68. The number of hydrogen-bond acceptors (Lipinski definition) is 4. The number of ether oxygens (including phenoxy) is 2. The Morgan fingerprint density at radius 2 is 2.37 bits per heavy atom. The molecule has 1 saturated carbocycles. The summed E-state index contributed by atoms with van der Waals surface area (Å²) in [5, 5.41) is 12.6. The zero-order chi connectivity index (χ0) is 13.7. The lowest BCUT2D eigenvalue weighted by atomic mass is 9.97. The number of aliphatic carboxylic acids is 1. The van der Waals surface area contributed by atoms with Crippen molar-refractivity contribution in [1.29, 1.82) is 0 Å².